The molecular weight excluding hydrogens is 262 g/mol. The first-order chi connectivity index (χ1) is 9.91. The molecule has 21 heavy (non-hydrogen) atoms. The van der Waals surface area contributed by atoms with Crippen LogP contribution in [0.1, 0.15) is 31.9 Å². The molecular formula is C18H19NO2. The van der Waals surface area contributed by atoms with E-state index in [4.69, 9.17) is 0 Å². The molecule has 0 aliphatic rings. The Morgan fingerprint density at radius 3 is 1.67 bits per heavy atom. The van der Waals surface area contributed by atoms with Crippen molar-refractivity contribution in [1.29, 1.82) is 0 Å². The molecule has 2 aromatic carbocycles. The van der Waals surface area contributed by atoms with E-state index in [2.05, 4.69) is 0 Å². The molecule has 0 atom stereocenters. The van der Waals surface area contributed by atoms with Gasteiger partial charge in [0.15, 0.2) is 0 Å². The van der Waals surface area contributed by atoms with E-state index in [0.717, 1.165) is 11.1 Å². The van der Waals surface area contributed by atoms with Crippen molar-refractivity contribution in [2.24, 2.45) is 5.41 Å². The molecule has 0 saturated carbocycles. The number of rotatable bonds is 3. The van der Waals surface area contributed by atoms with Gasteiger partial charge in [-0.2, -0.15) is 0 Å². The predicted octanol–water partition coefficient (Wildman–Crippen LogP) is 4.88. The van der Waals surface area contributed by atoms with Crippen LogP contribution in [0, 0.1) is 15.5 Å². The number of hydrogen-bond donors (Lipinski definition) is 0. The Hall–Kier alpha value is -2.42. The van der Waals surface area contributed by atoms with E-state index in [0.29, 0.717) is 5.56 Å². The molecule has 2 rings (SSSR count). The lowest BCUT2D eigenvalue weighted by molar-refractivity contribution is -0.375. The van der Waals surface area contributed by atoms with Crippen molar-refractivity contribution < 1.29 is 4.92 Å². The van der Waals surface area contributed by atoms with Crippen LogP contribution >= 0.6 is 0 Å². The molecule has 3 heteroatoms. The van der Waals surface area contributed by atoms with Gasteiger partial charge < -0.3 is 0 Å². The molecule has 0 aliphatic carbocycles. The van der Waals surface area contributed by atoms with Gasteiger partial charge in [-0.25, -0.2) is 0 Å². The lowest BCUT2D eigenvalue weighted by atomic mass is 9.79. The second kappa shape index (κ2) is 5.92. The normalized spacial score (nSPS) is 12.7. The highest BCUT2D eigenvalue weighted by molar-refractivity contribution is 5.89. The fraction of sp³-hybridized carbons (Fsp3) is 0.222. The maximum Gasteiger partial charge on any atom is 0.280 e. The third-order valence-corrected chi connectivity index (χ3v) is 3.28. The van der Waals surface area contributed by atoms with Crippen molar-refractivity contribution in [2.75, 3.05) is 0 Å². The number of allylic oxidation sites excluding steroid dienone is 1. The molecule has 0 saturated heterocycles. The SMILES string of the molecule is CC(C)(C)C(=C(c1ccccc1)[N+](=O)[O-])c1ccccc1. The molecule has 2 aromatic rings. The van der Waals surface area contributed by atoms with Crippen LogP contribution in [0.2, 0.25) is 0 Å². The molecule has 108 valence electrons. The minimum absolute atomic E-state index is 0.175. The zero-order chi connectivity index (χ0) is 15.5. The summed E-state index contributed by atoms with van der Waals surface area (Å²) in [5, 5.41) is 11.7. The van der Waals surface area contributed by atoms with Crippen LogP contribution in [-0.4, -0.2) is 4.92 Å². The van der Waals surface area contributed by atoms with Crippen molar-refractivity contribution in [3.05, 3.63) is 81.9 Å². The molecule has 0 unspecified atom stereocenters. The van der Waals surface area contributed by atoms with Gasteiger partial charge in [0, 0.05) is 5.57 Å². The van der Waals surface area contributed by atoms with Crippen molar-refractivity contribution in [3.63, 3.8) is 0 Å². The standard InChI is InChI=1S/C18H19NO2/c1-18(2,3)16(14-10-6-4-7-11-14)17(19(20)21)15-12-8-5-9-13-15/h4-13H,1-3H3. The third kappa shape index (κ3) is 3.37. The molecule has 0 fully saturated rings. The molecule has 0 spiro atoms. The Bertz CT molecular complexity index is 653. The first-order valence-corrected chi connectivity index (χ1v) is 6.91. The molecule has 0 bridgehead atoms. The smallest absolute Gasteiger partial charge is 0.258 e. The quantitative estimate of drug-likeness (QED) is 0.457. The largest absolute Gasteiger partial charge is 0.280 e. The van der Waals surface area contributed by atoms with Gasteiger partial charge in [0.2, 0.25) is 0 Å². The van der Waals surface area contributed by atoms with Gasteiger partial charge in [-0.3, -0.25) is 10.1 Å². The Morgan fingerprint density at radius 2 is 1.29 bits per heavy atom. The maximum absolute atomic E-state index is 11.7. The van der Waals surface area contributed by atoms with Gasteiger partial charge in [0.05, 0.1) is 10.5 Å². The van der Waals surface area contributed by atoms with Crippen LogP contribution in [0.4, 0.5) is 0 Å². The fourth-order valence-electron chi connectivity index (χ4n) is 2.47. The Kier molecular flexibility index (Phi) is 4.22. The Morgan fingerprint density at radius 1 is 0.857 bits per heavy atom. The summed E-state index contributed by atoms with van der Waals surface area (Å²) >= 11 is 0. The van der Waals surface area contributed by atoms with Crippen LogP contribution in [0.5, 0.6) is 0 Å². The zero-order valence-electron chi connectivity index (χ0n) is 12.5. The molecule has 0 radical (unpaired) electrons. The number of nitro groups is 1. The first kappa shape index (κ1) is 15.0. The van der Waals surface area contributed by atoms with E-state index in [1.807, 2.05) is 69.3 Å². The van der Waals surface area contributed by atoms with Crippen LogP contribution in [-0.2, 0) is 0 Å². The van der Waals surface area contributed by atoms with E-state index in [9.17, 15) is 10.1 Å². The first-order valence-electron chi connectivity index (χ1n) is 6.91. The van der Waals surface area contributed by atoms with Crippen molar-refractivity contribution >= 4 is 11.3 Å². The Labute approximate surface area is 125 Å². The molecule has 0 aliphatic heterocycles. The zero-order valence-corrected chi connectivity index (χ0v) is 12.5. The summed E-state index contributed by atoms with van der Waals surface area (Å²) in [6.07, 6.45) is 0. The second-order valence-electron chi connectivity index (χ2n) is 5.96. The summed E-state index contributed by atoms with van der Waals surface area (Å²) in [5.41, 5.74) is 2.12. The van der Waals surface area contributed by atoms with E-state index in [1.54, 1.807) is 12.1 Å². The fourth-order valence-corrected chi connectivity index (χ4v) is 2.47. The number of hydrogen-bond acceptors (Lipinski definition) is 2. The monoisotopic (exact) mass is 281 g/mol. The predicted molar refractivity (Wildman–Crippen MR) is 86.1 cm³/mol. The minimum Gasteiger partial charge on any atom is -0.258 e. The minimum atomic E-state index is -0.334. The van der Waals surface area contributed by atoms with Gasteiger partial charge in [0.1, 0.15) is 0 Å². The lowest BCUT2D eigenvalue weighted by Gasteiger charge is -2.23. The summed E-state index contributed by atoms with van der Waals surface area (Å²) in [6, 6.07) is 18.7. The van der Waals surface area contributed by atoms with Crippen molar-refractivity contribution in [1.82, 2.24) is 0 Å². The van der Waals surface area contributed by atoms with E-state index < -0.39 is 0 Å². The summed E-state index contributed by atoms with van der Waals surface area (Å²) in [6.45, 7) is 6.01. The molecule has 3 nitrogen and oxygen atoms in total. The van der Waals surface area contributed by atoms with Gasteiger partial charge in [0.25, 0.3) is 5.70 Å². The van der Waals surface area contributed by atoms with Gasteiger partial charge in [-0.1, -0.05) is 69.3 Å². The molecule has 0 aromatic heterocycles. The average Bonchev–Trinajstić information content (AvgIpc) is 2.44. The average molecular weight is 281 g/mol. The van der Waals surface area contributed by atoms with E-state index >= 15 is 0 Å². The van der Waals surface area contributed by atoms with Crippen LogP contribution < -0.4 is 0 Å². The highest BCUT2D eigenvalue weighted by Gasteiger charge is 2.30. The second-order valence-corrected chi connectivity index (χ2v) is 5.96. The van der Waals surface area contributed by atoms with Crippen LogP contribution in [0.3, 0.4) is 0 Å². The van der Waals surface area contributed by atoms with Gasteiger partial charge in [-0.15, -0.1) is 0 Å². The summed E-state index contributed by atoms with van der Waals surface area (Å²) in [7, 11) is 0. The molecule has 0 amide bonds. The van der Waals surface area contributed by atoms with Crippen LogP contribution in [0.25, 0.3) is 11.3 Å². The highest BCUT2D eigenvalue weighted by atomic mass is 16.6. The topological polar surface area (TPSA) is 43.1 Å². The molecule has 0 heterocycles. The Balaban J connectivity index is 2.79. The summed E-state index contributed by atoms with van der Waals surface area (Å²) in [5.74, 6) is 0. The summed E-state index contributed by atoms with van der Waals surface area (Å²) in [4.78, 5) is 11.4. The van der Waals surface area contributed by atoms with Gasteiger partial charge >= 0.3 is 0 Å². The third-order valence-electron chi connectivity index (χ3n) is 3.28. The number of benzene rings is 2. The maximum atomic E-state index is 11.7. The number of nitrogens with zero attached hydrogens (tertiary/aromatic N) is 1. The van der Waals surface area contributed by atoms with E-state index in [-0.39, 0.29) is 16.0 Å². The summed E-state index contributed by atoms with van der Waals surface area (Å²) < 4.78 is 0. The van der Waals surface area contributed by atoms with Crippen molar-refractivity contribution in [2.45, 2.75) is 20.8 Å². The van der Waals surface area contributed by atoms with Crippen LogP contribution in [0.15, 0.2) is 60.7 Å². The van der Waals surface area contributed by atoms with Gasteiger partial charge in [-0.05, 0) is 23.1 Å². The van der Waals surface area contributed by atoms with E-state index in [1.165, 1.54) is 0 Å². The van der Waals surface area contributed by atoms with Crippen molar-refractivity contribution in [3.8, 4) is 0 Å². The lowest BCUT2D eigenvalue weighted by Crippen LogP contribution is -2.14. The molecule has 0 N–H and O–H groups in total. The highest BCUT2D eigenvalue weighted by Crippen LogP contribution is 2.40.